The molecule has 0 amide bonds. The van der Waals surface area contributed by atoms with E-state index in [0.717, 1.165) is 17.1 Å². The number of nitrogens with zero attached hydrogens (tertiary/aromatic N) is 2. The molecule has 2 aromatic rings. The van der Waals surface area contributed by atoms with Crippen molar-refractivity contribution in [3.8, 4) is 0 Å². The Labute approximate surface area is 119 Å². The Balaban J connectivity index is 2.33. The Morgan fingerprint density at radius 3 is 2.53 bits per heavy atom. The standard InChI is InChI=1S/C14H14BrFN2O/c1-9-14(13(19)7-15)17-10(2)18(9)8-11-3-5-12(16)6-4-11/h3-6H,7-8H2,1-2H3. The van der Waals surface area contributed by atoms with Crippen LogP contribution in [0.4, 0.5) is 4.39 Å². The Morgan fingerprint density at radius 2 is 1.95 bits per heavy atom. The van der Waals surface area contributed by atoms with Crippen LogP contribution in [0, 0.1) is 19.7 Å². The average Bonchev–Trinajstić information content (AvgIpc) is 2.68. The second-order valence-corrected chi connectivity index (χ2v) is 4.92. The van der Waals surface area contributed by atoms with Gasteiger partial charge in [0.15, 0.2) is 5.78 Å². The van der Waals surface area contributed by atoms with Gasteiger partial charge in [-0.3, -0.25) is 4.79 Å². The molecule has 0 saturated heterocycles. The molecule has 0 aliphatic heterocycles. The van der Waals surface area contributed by atoms with E-state index in [9.17, 15) is 9.18 Å². The fourth-order valence-electron chi connectivity index (χ4n) is 2.01. The van der Waals surface area contributed by atoms with E-state index in [1.54, 1.807) is 12.1 Å². The zero-order valence-electron chi connectivity index (χ0n) is 10.8. The van der Waals surface area contributed by atoms with Crippen LogP contribution < -0.4 is 0 Å². The van der Waals surface area contributed by atoms with Crippen LogP contribution >= 0.6 is 15.9 Å². The number of hydrogen-bond donors (Lipinski definition) is 0. The van der Waals surface area contributed by atoms with E-state index in [1.807, 2.05) is 18.4 Å². The summed E-state index contributed by atoms with van der Waals surface area (Å²) in [5.41, 5.74) is 2.31. The summed E-state index contributed by atoms with van der Waals surface area (Å²) >= 11 is 3.15. The van der Waals surface area contributed by atoms with Crippen LogP contribution in [0.5, 0.6) is 0 Å². The van der Waals surface area contributed by atoms with Gasteiger partial charge in [-0.25, -0.2) is 9.37 Å². The SMILES string of the molecule is Cc1nc(C(=O)CBr)c(C)n1Cc1ccc(F)cc1. The molecule has 1 aromatic heterocycles. The highest BCUT2D eigenvalue weighted by Crippen LogP contribution is 2.15. The summed E-state index contributed by atoms with van der Waals surface area (Å²) < 4.78 is 14.8. The quantitative estimate of drug-likeness (QED) is 0.639. The lowest BCUT2D eigenvalue weighted by Crippen LogP contribution is -2.06. The lowest BCUT2D eigenvalue weighted by molar-refractivity contribution is 0.101. The summed E-state index contributed by atoms with van der Waals surface area (Å²) in [6, 6.07) is 6.34. The third-order valence-corrected chi connectivity index (χ3v) is 3.56. The van der Waals surface area contributed by atoms with Crippen LogP contribution in [0.15, 0.2) is 24.3 Å². The first-order chi connectivity index (χ1) is 9.02. The van der Waals surface area contributed by atoms with Crippen LogP contribution in [0.3, 0.4) is 0 Å². The molecule has 0 unspecified atom stereocenters. The van der Waals surface area contributed by atoms with E-state index >= 15 is 0 Å². The van der Waals surface area contributed by atoms with Crippen LogP contribution in [0.2, 0.25) is 0 Å². The maximum atomic E-state index is 12.9. The zero-order valence-corrected chi connectivity index (χ0v) is 12.4. The molecule has 0 aliphatic carbocycles. The van der Waals surface area contributed by atoms with Crippen LogP contribution in [0.25, 0.3) is 0 Å². The topological polar surface area (TPSA) is 34.9 Å². The number of aromatic nitrogens is 2. The van der Waals surface area contributed by atoms with Gasteiger partial charge in [0.25, 0.3) is 0 Å². The number of rotatable bonds is 4. The third kappa shape index (κ3) is 2.92. The van der Waals surface area contributed by atoms with Gasteiger partial charge in [0.1, 0.15) is 17.3 Å². The van der Waals surface area contributed by atoms with Crippen molar-refractivity contribution < 1.29 is 9.18 Å². The minimum absolute atomic E-state index is 0.0292. The molecule has 3 nitrogen and oxygen atoms in total. The molecule has 0 N–H and O–H groups in total. The number of imidazole rings is 1. The second kappa shape index (κ2) is 5.65. The molecule has 5 heteroatoms. The summed E-state index contributed by atoms with van der Waals surface area (Å²) in [4.78, 5) is 16.0. The Hall–Kier alpha value is -1.49. The monoisotopic (exact) mass is 324 g/mol. The van der Waals surface area contributed by atoms with E-state index in [0.29, 0.717) is 12.2 Å². The molecular weight excluding hydrogens is 311 g/mol. The molecule has 0 saturated carbocycles. The zero-order chi connectivity index (χ0) is 14.0. The first-order valence-corrected chi connectivity index (χ1v) is 7.02. The molecule has 0 aliphatic rings. The van der Waals surface area contributed by atoms with Gasteiger partial charge in [-0.1, -0.05) is 28.1 Å². The number of benzene rings is 1. The maximum absolute atomic E-state index is 12.9. The number of carbonyl (C=O) groups excluding carboxylic acids is 1. The van der Waals surface area contributed by atoms with Crippen molar-refractivity contribution in [2.45, 2.75) is 20.4 Å². The minimum Gasteiger partial charge on any atom is -0.327 e. The largest absolute Gasteiger partial charge is 0.327 e. The molecule has 0 atom stereocenters. The first kappa shape index (κ1) is 13.9. The molecule has 0 bridgehead atoms. The summed E-state index contributed by atoms with van der Waals surface area (Å²) in [7, 11) is 0. The van der Waals surface area contributed by atoms with Gasteiger partial charge in [0, 0.05) is 12.2 Å². The first-order valence-electron chi connectivity index (χ1n) is 5.90. The van der Waals surface area contributed by atoms with E-state index in [1.165, 1.54) is 12.1 Å². The normalized spacial score (nSPS) is 10.7. The maximum Gasteiger partial charge on any atom is 0.193 e. The van der Waals surface area contributed by atoms with Crippen molar-refractivity contribution in [3.05, 3.63) is 52.9 Å². The van der Waals surface area contributed by atoms with Crippen molar-refractivity contribution in [1.82, 2.24) is 9.55 Å². The number of aryl methyl sites for hydroxylation is 1. The number of halogens is 2. The summed E-state index contributed by atoms with van der Waals surface area (Å²) in [5, 5.41) is 0.265. The van der Waals surface area contributed by atoms with Gasteiger partial charge < -0.3 is 4.57 Å². The molecule has 0 fully saturated rings. The molecule has 2 rings (SSSR count). The van der Waals surface area contributed by atoms with Gasteiger partial charge in [-0.05, 0) is 31.5 Å². The average molecular weight is 325 g/mol. The summed E-state index contributed by atoms with van der Waals surface area (Å²) in [5.74, 6) is 0.502. The Kier molecular flexibility index (Phi) is 4.14. The number of hydrogen-bond acceptors (Lipinski definition) is 2. The number of Topliss-reactive ketones (excluding diaryl/α,β-unsaturated/α-hetero) is 1. The Bertz CT molecular complexity index is 605. The molecule has 0 spiro atoms. The van der Waals surface area contributed by atoms with Gasteiger partial charge in [0.2, 0.25) is 0 Å². The van der Waals surface area contributed by atoms with Crippen LogP contribution in [-0.4, -0.2) is 20.7 Å². The number of alkyl halides is 1. The van der Waals surface area contributed by atoms with Gasteiger partial charge >= 0.3 is 0 Å². The predicted octanol–water partition coefficient (Wildman–Crippen LogP) is 3.26. The van der Waals surface area contributed by atoms with Crippen molar-refractivity contribution >= 4 is 21.7 Å². The second-order valence-electron chi connectivity index (χ2n) is 4.36. The van der Waals surface area contributed by atoms with Gasteiger partial charge in [-0.15, -0.1) is 0 Å². The van der Waals surface area contributed by atoms with Crippen molar-refractivity contribution in [3.63, 3.8) is 0 Å². The molecule has 1 heterocycles. The van der Waals surface area contributed by atoms with Crippen molar-refractivity contribution in [2.24, 2.45) is 0 Å². The summed E-state index contributed by atoms with van der Waals surface area (Å²) in [6.07, 6.45) is 0. The predicted molar refractivity (Wildman–Crippen MR) is 75.3 cm³/mol. The minimum atomic E-state index is -0.252. The van der Waals surface area contributed by atoms with Gasteiger partial charge in [-0.2, -0.15) is 0 Å². The molecule has 1 aromatic carbocycles. The van der Waals surface area contributed by atoms with E-state index < -0.39 is 0 Å². The highest BCUT2D eigenvalue weighted by Gasteiger charge is 2.16. The molecule has 0 radical (unpaired) electrons. The lowest BCUT2D eigenvalue weighted by Gasteiger charge is -2.08. The lowest BCUT2D eigenvalue weighted by atomic mass is 10.2. The van der Waals surface area contributed by atoms with Crippen LogP contribution in [0.1, 0.15) is 27.6 Å². The van der Waals surface area contributed by atoms with Gasteiger partial charge in [0.05, 0.1) is 5.33 Å². The highest BCUT2D eigenvalue weighted by atomic mass is 79.9. The van der Waals surface area contributed by atoms with Crippen molar-refractivity contribution in [2.75, 3.05) is 5.33 Å². The Morgan fingerprint density at radius 1 is 1.32 bits per heavy atom. The molecule has 100 valence electrons. The van der Waals surface area contributed by atoms with E-state index in [2.05, 4.69) is 20.9 Å². The van der Waals surface area contributed by atoms with E-state index in [4.69, 9.17) is 0 Å². The fourth-order valence-corrected chi connectivity index (χ4v) is 2.27. The van der Waals surface area contributed by atoms with Crippen LogP contribution in [-0.2, 0) is 6.54 Å². The highest BCUT2D eigenvalue weighted by molar-refractivity contribution is 9.09. The number of ketones is 1. The smallest absolute Gasteiger partial charge is 0.193 e. The van der Waals surface area contributed by atoms with E-state index in [-0.39, 0.29) is 16.9 Å². The fraction of sp³-hybridized carbons (Fsp3) is 0.286. The molecular formula is C14H14BrFN2O. The molecule has 19 heavy (non-hydrogen) atoms. The third-order valence-electron chi connectivity index (χ3n) is 3.05. The number of carbonyl (C=O) groups is 1. The summed E-state index contributed by atoms with van der Waals surface area (Å²) in [6.45, 7) is 4.32. The van der Waals surface area contributed by atoms with Crippen molar-refractivity contribution in [1.29, 1.82) is 0 Å².